The van der Waals surface area contributed by atoms with E-state index in [2.05, 4.69) is 0 Å². The standard InChI is InChI=1S/C23H28N2O5/c1-18(26)25(22(29)30-17-20-12-6-3-7-13-20)23(21(27)28,14-8-9-15-24)16-19-10-4-2-5-11-19/h2-7,10-13H,8-9,14-17,24H2,1H3,(H,27,28)/t23-/m1/s1. The summed E-state index contributed by atoms with van der Waals surface area (Å²) in [7, 11) is 0. The van der Waals surface area contributed by atoms with Crippen LogP contribution in [0.3, 0.4) is 0 Å². The van der Waals surface area contributed by atoms with Crippen molar-refractivity contribution in [2.75, 3.05) is 6.54 Å². The number of carboxylic acid groups (broad SMARTS) is 1. The molecule has 2 amide bonds. The average Bonchev–Trinajstić information content (AvgIpc) is 2.73. The Morgan fingerprint density at radius 1 is 0.967 bits per heavy atom. The molecule has 0 fully saturated rings. The molecule has 0 saturated heterocycles. The maximum Gasteiger partial charge on any atom is 0.417 e. The number of nitrogens with zero attached hydrogens (tertiary/aromatic N) is 1. The van der Waals surface area contributed by atoms with Crippen molar-refractivity contribution in [2.45, 2.75) is 44.8 Å². The smallest absolute Gasteiger partial charge is 0.417 e. The SMILES string of the molecule is CC(=O)N(C(=O)OCc1ccccc1)[C@](CCCCN)(Cc1ccccc1)C(=O)O. The highest BCUT2D eigenvalue weighted by Gasteiger charge is 2.49. The molecule has 3 N–H and O–H groups in total. The maximum absolute atomic E-state index is 12.9. The lowest BCUT2D eigenvalue weighted by atomic mass is 9.84. The molecule has 0 aromatic heterocycles. The summed E-state index contributed by atoms with van der Waals surface area (Å²) in [6, 6.07) is 17.9. The van der Waals surface area contributed by atoms with Gasteiger partial charge in [-0.2, -0.15) is 0 Å². The predicted octanol–water partition coefficient (Wildman–Crippen LogP) is 3.37. The number of carbonyl (C=O) groups is 3. The van der Waals surface area contributed by atoms with Gasteiger partial charge in [0.2, 0.25) is 5.91 Å². The molecule has 0 aliphatic heterocycles. The van der Waals surface area contributed by atoms with Crippen molar-refractivity contribution in [1.29, 1.82) is 0 Å². The van der Waals surface area contributed by atoms with Gasteiger partial charge in [-0.15, -0.1) is 0 Å². The monoisotopic (exact) mass is 412 g/mol. The average molecular weight is 412 g/mol. The molecule has 2 aromatic carbocycles. The van der Waals surface area contributed by atoms with Crippen molar-refractivity contribution < 1.29 is 24.2 Å². The topological polar surface area (TPSA) is 110 Å². The lowest BCUT2D eigenvalue weighted by molar-refractivity contribution is -0.157. The van der Waals surface area contributed by atoms with Gasteiger partial charge in [0.05, 0.1) is 0 Å². The van der Waals surface area contributed by atoms with E-state index in [1.165, 1.54) is 6.92 Å². The van der Waals surface area contributed by atoms with Crippen LogP contribution in [-0.4, -0.2) is 40.1 Å². The number of rotatable bonds is 10. The van der Waals surface area contributed by atoms with Crippen molar-refractivity contribution >= 4 is 18.0 Å². The number of nitrogens with two attached hydrogens (primary N) is 1. The van der Waals surface area contributed by atoms with Crippen molar-refractivity contribution in [1.82, 2.24) is 4.90 Å². The Morgan fingerprint density at radius 2 is 1.53 bits per heavy atom. The van der Waals surface area contributed by atoms with Crippen LogP contribution in [0.1, 0.15) is 37.3 Å². The first-order chi connectivity index (χ1) is 14.4. The molecule has 30 heavy (non-hydrogen) atoms. The second-order valence-electron chi connectivity index (χ2n) is 7.14. The Labute approximate surface area is 176 Å². The number of unbranched alkanes of at least 4 members (excludes halogenated alkanes) is 1. The van der Waals surface area contributed by atoms with Crippen molar-refractivity contribution in [3.63, 3.8) is 0 Å². The fraction of sp³-hybridized carbons (Fsp3) is 0.348. The lowest BCUT2D eigenvalue weighted by Crippen LogP contribution is -2.60. The summed E-state index contributed by atoms with van der Waals surface area (Å²) in [5.41, 5.74) is 5.25. The molecule has 7 heteroatoms. The summed E-state index contributed by atoms with van der Waals surface area (Å²) >= 11 is 0. The van der Waals surface area contributed by atoms with E-state index in [1.54, 1.807) is 48.5 Å². The second-order valence-corrected chi connectivity index (χ2v) is 7.14. The van der Waals surface area contributed by atoms with Gasteiger partial charge in [0.25, 0.3) is 0 Å². The molecule has 2 aromatic rings. The van der Waals surface area contributed by atoms with Gasteiger partial charge in [-0.3, -0.25) is 4.79 Å². The molecule has 0 aliphatic carbocycles. The van der Waals surface area contributed by atoms with Gasteiger partial charge in [-0.1, -0.05) is 60.7 Å². The molecule has 0 radical (unpaired) electrons. The normalized spacial score (nSPS) is 12.6. The highest BCUT2D eigenvalue weighted by molar-refractivity contribution is 5.97. The van der Waals surface area contributed by atoms with Gasteiger partial charge < -0.3 is 15.6 Å². The van der Waals surface area contributed by atoms with Crippen LogP contribution in [-0.2, 0) is 27.4 Å². The number of benzene rings is 2. The Balaban J connectivity index is 2.37. The third kappa shape index (κ3) is 5.90. The summed E-state index contributed by atoms with van der Waals surface area (Å²) in [6.07, 6.45) is 0.111. The van der Waals surface area contributed by atoms with Gasteiger partial charge in [-0.25, -0.2) is 14.5 Å². The highest BCUT2D eigenvalue weighted by atomic mass is 16.6. The van der Waals surface area contributed by atoms with E-state index < -0.39 is 23.5 Å². The number of imide groups is 1. The minimum Gasteiger partial charge on any atom is -0.479 e. The molecule has 0 aliphatic rings. The first-order valence-electron chi connectivity index (χ1n) is 9.89. The number of carboxylic acids is 1. The first-order valence-corrected chi connectivity index (χ1v) is 9.89. The summed E-state index contributed by atoms with van der Waals surface area (Å²) in [5.74, 6) is -1.94. The molecule has 1 atom stereocenters. The van der Waals surface area contributed by atoms with Crippen LogP contribution in [0.15, 0.2) is 60.7 Å². The van der Waals surface area contributed by atoms with Crippen LogP contribution in [0.5, 0.6) is 0 Å². The third-order valence-electron chi connectivity index (χ3n) is 4.91. The molecule has 0 spiro atoms. The molecule has 0 bridgehead atoms. The van der Waals surface area contributed by atoms with Crippen LogP contribution < -0.4 is 5.73 Å². The zero-order chi connectivity index (χ0) is 22.0. The number of aliphatic carboxylic acids is 1. The summed E-state index contributed by atoms with van der Waals surface area (Å²) in [4.78, 5) is 38.7. The zero-order valence-corrected chi connectivity index (χ0v) is 17.1. The molecular weight excluding hydrogens is 384 g/mol. The van der Waals surface area contributed by atoms with Crippen molar-refractivity contribution in [2.24, 2.45) is 5.73 Å². The Hall–Kier alpha value is -3.19. The quantitative estimate of drug-likeness (QED) is 0.579. The maximum atomic E-state index is 12.9. The predicted molar refractivity (Wildman–Crippen MR) is 113 cm³/mol. The van der Waals surface area contributed by atoms with Crippen molar-refractivity contribution in [3.8, 4) is 0 Å². The van der Waals surface area contributed by atoms with E-state index in [9.17, 15) is 19.5 Å². The third-order valence-corrected chi connectivity index (χ3v) is 4.91. The van der Waals surface area contributed by atoms with E-state index in [-0.39, 0.29) is 19.4 Å². The summed E-state index contributed by atoms with van der Waals surface area (Å²) < 4.78 is 5.33. The van der Waals surface area contributed by atoms with Crippen LogP contribution >= 0.6 is 0 Å². The number of ether oxygens (including phenoxy) is 1. The van der Waals surface area contributed by atoms with Crippen LogP contribution in [0.25, 0.3) is 0 Å². The Bertz CT molecular complexity index is 841. The highest BCUT2D eigenvalue weighted by Crippen LogP contribution is 2.29. The van der Waals surface area contributed by atoms with E-state index in [0.29, 0.717) is 24.9 Å². The molecule has 2 rings (SSSR count). The number of hydrogen-bond donors (Lipinski definition) is 2. The summed E-state index contributed by atoms with van der Waals surface area (Å²) in [5, 5.41) is 10.2. The Kier molecular flexibility index (Phi) is 8.55. The number of amides is 2. The molecule has 0 heterocycles. The van der Waals surface area contributed by atoms with Crippen molar-refractivity contribution in [3.05, 3.63) is 71.8 Å². The largest absolute Gasteiger partial charge is 0.479 e. The minimum absolute atomic E-state index is 0.0201. The van der Waals surface area contributed by atoms with Gasteiger partial charge in [0, 0.05) is 13.3 Å². The molecular formula is C23H28N2O5. The fourth-order valence-electron chi connectivity index (χ4n) is 3.44. The van der Waals surface area contributed by atoms with Crippen LogP contribution in [0.4, 0.5) is 4.79 Å². The molecule has 0 saturated carbocycles. The molecule has 0 unspecified atom stereocenters. The lowest BCUT2D eigenvalue weighted by Gasteiger charge is -2.38. The van der Waals surface area contributed by atoms with Gasteiger partial charge in [0.15, 0.2) is 5.54 Å². The van der Waals surface area contributed by atoms with Crippen LogP contribution in [0, 0.1) is 0 Å². The van der Waals surface area contributed by atoms with E-state index in [0.717, 1.165) is 10.5 Å². The molecule has 7 nitrogen and oxygen atoms in total. The van der Waals surface area contributed by atoms with E-state index in [4.69, 9.17) is 10.5 Å². The summed E-state index contributed by atoms with van der Waals surface area (Å²) in [6.45, 7) is 1.50. The Morgan fingerprint density at radius 3 is 2.03 bits per heavy atom. The van der Waals surface area contributed by atoms with E-state index >= 15 is 0 Å². The first kappa shape index (κ1) is 23.1. The molecule has 160 valence electrons. The minimum atomic E-state index is -1.77. The fourth-order valence-corrected chi connectivity index (χ4v) is 3.44. The zero-order valence-electron chi connectivity index (χ0n) is 17.1. The number of hydrogen-bond acceptors (Lipinski definition) is 5. The number of carbonyl (C=O) groups excluding carboxylic acids is 2. The van der Waals surface area contributed by atoms with Gasteiger partial charge >= 0.3 is 12.1 Å². The van der Waals surface area contributed by atoms with Gasteiger partial charge in [-0.05, 0) is 36.9 Å². The second kappa shape index (κ2) is 11.1. The van der Waals surface area contributed by atoms with Crippen LogP contribution in [0.2, 0.25) is 0 Å². The van der Waals surface area contributed by atoms with E-state index in [1.807, 2.05) is 12.1 Å². The van der Waals surface area contributed by atoms with Gasteiger partial charge in [0.1, 0.15) is 6.61 Å².